The molecule has 1 aromatic heterocycles. The van der Waals surface area contributed by atoms with Gasteiger partial charge in [-0.3, -0.25) is 9.59 Å². The van der Waals surface area contributed by atoms with Gasteiger partial charge in [-0.15, -0.1) is 0 Å². The summed E-state index contributed by atoms with van der Waals surface area (Å²) < 4.78 is 5.53. The van der Waals surface area contributed by atoms with Crippen molar-refractivity contribution in [2.45, 2.75) is 25.9 Å². The molecule has 1 amide bonds. The van der Waals surface area contributed by atoms with Crippen molar-refractivity contribution < 1.29 is 9.53 Å². The van der Waals surface area contributed by atoms with Gasteiger partial charge in [-0.2, -0.15) is 0 Å². The number of ether oxygens (including phenoxy) is 1. The summed E-state index contributed by atoms with van der Waals surface area (Å²) in [6.07, 6.45) is 4.92. The summed E-state index contributed by atoms with van der Waals surface area (Å²) in [5.41, 5.74) is -0.0157. The van der Waals surface area contributed by atoms with Crippen LogP contribution in [0.25, 0.3) is 0 Å². The Morgan fingerprint density at radius 1 is 1.50 bits per heavy atom. The van der Waals surface area contributed by atoms with Crippen LogP contribution in [0.2, 0.25) is 0 Å². The topological polar surface area (TPSA) is 62.4 Å². The fourth-order valence-electron chi connectivity index (χ4n) is 2.21. The van der Waals surface area contributed by atoms with Gasteiger partial charge >= 0.3 is 0 Å². The number of aromatic amines is 1. The highest BCUT2D eigenvalue weighted by atomic mass is 16.5. The minimum atomic E-state index is -0.231. The van der Waals surface area contributed by atoms with E-state index >= 15 is 0 Å². The van der Waals surface area contributed by atoms with Crippen molar-refractivity contribution in [1.82, 2.24) is 9.88 Å². The van der Waals surface area contributed by atoms with Crippen LogP contribution in [0.4, 0.5) is 0 Å². The fraction of sp³-hybridized carbons (Fsp3) is 0.538. The van der Waals surface area contributed by atoms with E-state index in [4.69, 9.17) is 4.74 Å². The fourth-order valence-corrected chi connectivity index (χ4v) is 2.21. The number of H-pyrrole nitrogens is 1. The Hall–Kier alpha value is -1.62. The van der Waals surface area contributed by atoms with Crippen molar-refractivity contribution in [2.24, 2.45) is 0 Å². The highest BCUT2D eigenvalue weighted by Crippen LogP contribution is 2.15. The van der Waals surface area contributed by atoms with E-state index in [-0.39, 0.29) is 23.0 Å². The molecule has 18 heavy (non-hydrogen) atoms. The van der Waals surface area contributed by atoms with Gasteiger partial charge in [-0.1, -0.05) is 0 Å². The number of pyridine rings is 1. The summed E-state index contributed by atoms with van der Waals surface area (Å²) in [5.74, 6) is -0.188. The Balaban J connectivity index is 2.00. The van der Waals surface area contributed by atoms with Gasteiger partial charge in [0.05, 0.1) is 6.10 Å². The molecular formula is C13H18N2O3. The number of aromatic nitrogens is 1. The lowest BCUT2D eigenvalue weighted by molar-refractivity contribution is 0.0145. The molecule has 2 heterocycles. The third-order valence-electron chi connectivity index (χ3n) is 3.19. The minimum Gasteiger partial charge on any atom is -0.378 e. The first-order valence-corrected chi connectivity index (χ1v) is 6.30. The van der Waals surface area contributed by atoms with E-state index in [0.29, 0.717) is 19.7 Å². The average Bonchev–Trinajstić information content (AvgIpc) is 2.40. The van der Waals surface area contributed by atoms with Gasteiger partial charge < -0.3 is 14.6 Å². The molecule has 0 saturated carbocycles. The first-order valence-electron chi connectivity index (χ1n) is 6.30. The van der Waals surface area contributed by atoms with Crippen molar-refractivity contribution in [3.8, 4) is 0 Å². The maximum atomic E-state index is 12.2. The lowest BCUT2D eigenvalue weighted by Gasteiger charge is -2.31. The lowest BCUT2D eigenvalue weighted by Crippen LogP contribution is -2.42. The normalized spacial score (nSPS) is 16.8. The molecule has 1 aliphatic rings. The number of amides is 1. The SMILES string of the molecule is CCOC1CCN(C(=O)c2c[nH]ccc2=O)CC1. The Morgan fingerprint density at radius 2 is 2.22 bits per heavy atom. The third-order valence-corrected chi connectivity index (χ3v) is 3.19. The molecule has 5 heteroatoms. The highest BCUT2D eigenvalue weighted by molar-refractivity contribution is 5.93. The summed E-state index contributed by atoms with van der Waals surface area (Å²) >= 11 is 0. The maximum absolute atomic E-state index is 12.2. The molecule has 2 rings (SSSR count). The summed E-state index contributed by atoms with van der Waals surface area (Å²) in [6, 6.07) is 1.38. The lowest BCUT2D eigenvalue weighted by atomic mass is 10.1. The molecule has 0 bridgehead atoms. The van der Waals surface area contributed by atoms with Crippen molar-refractivity contribution in [1.29, 1.82) is 0 Å². The van der Waals surface area contributed by atoms with Crippen LogP contribution in [0.1, 0.15) is 30.1 Å². The number of nitrogens with zero attached hydrogens (tertiary/aromatic N) is 1. The van der Waals surface area contributed by atoms with E-state index < -0.39 is 0 Å². The van der Waals surface area contributed by atoms with Gasteiger partial charge in [-0.25, -0.2) is 0 Å². The monoisotopic (exact) mass is 250 g/mol. The molecule has 0 unspecified atom stereocenters. The van der Waals surface area contributed by atoms with E-state index in [9.17, 15) is 9.59 Å². The largest absolute Gasteiger partial charge is 0.378 e. The van der Waals surface area contributed by atoms with E-state index in [2.05, 4.69) is 4.98 Å². The molecule has 1 aliphatic heterocycles. The third kappa shape index (κ3) is 2.79. The molecule has 0 aromatic carbocycles. The van der Waals surface area contributed by atoms with Crippen LogP contribution in [-0.4, -0.2) is 41.6 Å². The Morgan fingerprint density at radius 3 is 2.83 bits per heavy atom. The summed E-state index contributed by atoms with van der Waals surface area (Å²) in [6.45, 7) is 3.98. The van der Waals surface area contributed by atoms with E-state index in [1.54, 1.807) is 4.90 Å². The van der Waals surface area contributed by atoms with Crippen molar-refractivity contribution in [3.05, 3.63) is 34.2 Å². The standard InChI is InChI=1S/C13H18N2O3/c1-2-18-10-4-7-15(8-5-10)13(17)11-9-14-6-3-12(11)16/h3,6,9-10H,2,4-5,7-8H2,1H3,(H,14,16). The molecule has 0 aliphatic carbocycles. The second-order valence-corrected chi connectivity index (χ2v) is 4.37. The zero-order valence-electron chi connectivity index (χ0n) is 10.5. The maximum Gasteiger partial charge on any atom is 0.259 e. The van der Waals surface area contributed by atoms with Gasteiger partial charge in [0.25, 0.3) is 5.91 Å². The Bertz CT molecular complexity index is 461. The van der Waals surface area contributed by atoms with Crippen molar-refractivity contribution in [3.63, 3.8) is 0 Å². The molecule has 1 fully saturated rings. The zero-order valence-corrected chi connectivity index (χ0v) is 10.5. The summed E-state index contributed by atoms with van der Waals surface area (Å²) in [4.78, 5) is 28.2. The molecule has 1 saturated heterocycles. The van der Waals surface area contributed by atoms with Gasteiger partial charge in [0, 0.05) is 38.2 Å². The molecule has 5 nitrogen and oxygen atoms in total. The summed E-state index contributed by atoms with van der Waals surface area (Å²) in [7, 11) is 0. The molecule has 1 aromatic rings. The van der Waals surface area contributed by atoms with Gasteiger partial charge in [0.1, 0.15) is 5.56 Å². The minimum absolute atomic E-state index is 0.188. The smallest absolute Gasteiger partial charge is 0.259 e. The number of hydrogen-bond donors (Lipinski definition) is 1. The first kappa shape index (κ1) is 12.8. The van der Waals surface area contributed by atoms with E-state index in [0.717, 1.165) is 12.8 Å². The van der Waals surface area contributed by atoms with Crippen LogP contribution >= 0.6 is 0 Å². The van der Waals surface area contributed by atoms with Crippen LogP contribution in [0.5, 0.6) is 0 Å². The van der Waals surface area contributed by atoms with Crippen LogP contribution in [-0.2, 0) is 4.74 Å². The number of likely N-dealkylation sites (tertiary alicyclic amines) is 1. The number of carbonyl (C=O) groups is 1. The number of hydrogen-bond acceptors (Lipinski definition) is 3. The molecule has 1 N–H and O–H groups in total. The zero-order chi connectivity index (χ0) is 13.0. The number of carbonyl (C=O) groups excluding carboxylic acids is 1. The number of rotatable bonds is 3. The van der Waals surface area contributed by atoms with Crippen LogP contribution in [0.3, 0.4) is 0 Å². The Kier molecular flexibility index (Phi) is 4.15. The average molecular weight is 250 g/mol. The molecule has 98 valence electrons. The molecular weight excluding hydrogens is 232 g/mol. The quantitative estimate of drug-likeness (QED) is 0.871. The predicted molar refractivity (Wildman–Crippen MR) is 67.6 cm³/mol. The van der Waals surface area contributed by atoms with Gasteiger partial charge in [0.2, 0.25) is 0 Å². The van der Waals surface area contributed by atoms with Crippen molar-refractivity contribution in [2.75, 3.05) is 19.7 Å². The van der Waals surface area contributed by atoms with Gasteiger partial charge in [0.15, 0.2) is 5.43 Å². The van der Waals surface area contributed by atoms with Crippen molar-refractivity contribution >= 4 is 5.91 Å². The molecule has 0 radical (unpaired) electrons. The van der Waals surface area contributed by atoms with E-state index in [1.807, 2.05) is 6.92 Å². The second kappa shape index (κ2) is 5.82. The molecule has 0 spiro atoms. The van der Waals surface area contributed by atoms with Crippen LogP contribution < -0.4 is 5.43 Å². The summed E-state index contributed by atoms with van der Waals surface area (Å²) in [5, 5.41) is 0. The first-order chi connectivity index (χ1) is 8.72. The van der Waals surface area contributed by atoms with Gasteiger partial charge in [-0.05, 0) is 19.8 Å². The number of piperidine rings is 1. The Labute approximate surface area is 106 Å². The molecule has 0 atom stereocenters. The van der Waals surface area contributed by atoms with Crippen LogP contribution in [0.15, 0.2) is 23.3 Å². The van der Waals surface area contributed by atoms with Crippen LogP contribution in [0, 0.1) is 0 Å². The predicted octanol–water partition coefficient (Wildman–Crippen LogP) is 1.02. The second-order valence-electron chi connectivity index (χ2n) is 4.37. The highest BCUT2D eigenvalue weighted by Gasteiger charge is 2.24. The van der Waals surface area contributed by atoms with E-state index in [1.165, 1.54) is 18.5 Å². The number of nitrogens with one attached hydrogen (secondary N) is 1.